The summed E-state index contributed by atoms with van der Waals surface area (Å²) in [6, 6.07) is 17.0. The van der Waals surface area contributed by atoms with Gasteiger partial charge < -0.3 is 14.1 Å². The molecule has 7 heteroatoms. The number of benzene rings is 3. The average molecular weight is 497 g/mol. The molecule has 3 aromatic carbocycles. The topological polar surface area (TPSA) is 87.0 Å². The van der Waals surface area contributed by atoms with E-state index in [4.69, 9.17) is 9.57 Å². The lowest BCUT2D eigenvalue weighted by atomic mass is 9.91. The van der Waals surface area contributed by atoms with Crippen molar-refractivity contribution in [2.45, 2.75) is 46.6 Å². The van der Waals surface area contributed by atoms with Crippen molar-refractivity contribution in [3.05, 3.63) is 76.9 Å². The van der Waals surface area contributed by atoms with Crippen LogP contribution in [0.5, 0.6) is 5.75 Å². The van der Waals surface area contributed by atoms with Gasteiger partial charge in [0.25, 0.3) is 0 Å². The van der Waals surface area contributed by atoms with Gasteiger partial charge in [-0.15, -0.1) is 0 Å². The molecule has 0 amide bonds. The molecule has 0 atom stereocenters. The van der Waals surface area contributed by atoms with Gasteiger partial charge in [0.15, 0.2) is 5.78 Å². The molecule has 0 saturated carbocycles. The predicted molar refractivity (Wildman–Crippen MR) is 143 cm³/mol. The zero-order valence-corrected chi connectivity index (χ0v) is 21.3. The van der Waals surface area contributed by atoms with E-state index >= 15 is 0 Å². The molecular weight excluding hydrogens is 468 g/mol. The second-order valence-electron chi connectivity index (χ2n) is 9.43. The zero-order valence-electron chi connectivity index (χ0n) is 21.3. The Morgan fingerprint density at radius 2 is 1.84 bits per heavy atom. The number of hydrogen-bond acceptors (Lipinski definition) is 6. The molecule has 0 bridgehead atoms. The fourth-order valence-electron chi connectivity index (χ4n) is 5.06. The van der Waals surface area contributed by atoms with Crippen LogP contribution in [0.3, 0.4) is 0 Å². The Labute approximate surface area is 214 Å². The SMILES string of the molecule is CCn1c2ccc(C(=O)c3ccccc3C(C)C)cc2c2c3c(ccc21)C(=O)/C(=N/OC(C)=O)CCO3. The Morgan fingerprint density at radius 3 is 2.57 bits per heavy atom. The summed E-state index contributed by atoms with van der Waals surface area (Å²) in [6.07, 6.45) is 0.213. The highest BCUT2D eigenvalue weighted by molar-refractivity contribution is 6.47. The molecule has 0 saturated heterocycles. The summed E-state index contributed by atoms with van der Waals surface area (Å²) in [5.41, 5.74) is 4.62. The van der Waals surface area contributed by atoms with Crippen molar-refractivity contribution < 1.29 is 24.0 Å². The third-order valence-electron chi connectivity index (χ3n) is 6.77. The lowest BCUT2D eigenvalue weighted by Crippen LogP contribution is -2.15. The molecular formula is C30H28N2O5. The Hall–Kier alpha value is -4.26. The molecule has 2 heterocycles. The lowest BCUT2D eigenvalue weighted by Gasteiger charge is -2.12. The number of nitrogens with zero attached hydrogens (tertiary/aromatic N) is 2. The summed E-state index contributed by atoms with van der Waals surface area (Å²) in [5.74, 6) is -0.309. The normalized spacial score (nSPS) is 14.6. The first kappa shape index (κ1) is 24.4. The van der Waals surface area contributed by atoms with Crippen LogP contribution in [0.15, 0.2) is 59.8 Å². The number of carbonyl (C=O) groups excluding carboxylic acids is 3. The second-order valence-corrected chi connectivity index (χ2v) is 9.43. The van der Waals surface area contributed by atoms with E-state index in [0.29, 0.717) is 29.0 Å². The maximum absolute atomic E-state index is 13.6. The van der Waals surface area contributed by atoms with Crippen molar-refractivity contribution in [3.63, 3.8) is 0 Å². The summed E-state index contributed by atoms with van der Waals surface area (Å²) in [7, 11) is 0. The number of Topliss-reactive ketones (excluding diaryl/α,β-unsaturated/α-hetero) is 1. The minimum absolute atomic E-state index is 0.0431. The largest absolute Gasteiger partial charge is 0.492 e. The molecule has 188 valence electrons. The van der Waals surface area contributed by atoms with Gasteiger partial charge in [-0.2, -0.15) is 0 Å². The van der Waals surface area contributed by atoms with Crippen molar-refractivity contribution in [1.29, 1.82) is 0 Å². The third-order valence-corrected chi connectivity index (χ3v) is 6.77. The number of carbonyl (C=O) groups is 3. The maximum Gasteiger partial charge on any atom is 0.331 e. The quantitative estimate of drug-likeness (QED) is 0.191. The van der Waals surface area contributed by atoms with Gasteiger partial charge in [-0.1, -0.05) is 43.3 Å². The molecule has 5 rings (SSSR count). The summed E-state index contributed by atoms with van der Waals surface area (Å²) in [5, 5.41) is 5.39. The van der Waals surface area contributed by atoms with Crippen LogP contribution in [0.2, 0.25) is 0 Å². The second kappa shape index (κ2) is 9.65. The summed E-state index contributed by atoms with van der Waals surface area (Å²) in [4.78, 5) is 42.9. The number of hydrogen-bond donors (Lipinski definition) is 0. The third kappa shape index (κ3) is 4.20. The first-order valence-electron chi connectivity index (χ1n) is 12.5. The first-order valence-corrected chi connectivity index (χ1v) is 12.5. The van der Waals surface area contributed by atoms with Crippen LogP contribution in [-0.2, 0) is 16.2 Å². The van der Waals surface area contributed by atoms with E-state index in [9.17, 15) is 14.4 Å². The molecule has 1 aliphatic rings. The highest BCUT2D eigenvalue weighted by Gasteiger charge is 2.28. The highest BCUT2D eigenvalue weighted by atomic mass is 16.7. The van der Waals surface area contributed by atoms with Crippen molar-refractivity contribution in [1.82, 2.24) is 4.57 Å². The van der Waals surface area contributed by atoms with Gasteiger partial charge in [0.2, 0.25) is 5.78 Å². The van der Waals surface area contributed by atoms with E-state index in [2.05, 4.69) is 30.5 Å². The molecule has 0 fully saturated rings. The van der Waals surface area contributed by atoms with Crippen LogP contribution in [-0.4, -0.2) is 34.4 Å². The van der Waals surface area contributed by atoms with Gasteiger partial charge in [-0.25, -0.2) is 4.79 Å². The van der Waals surface area contributed by atoms with Crippen LogP contribution in [0.1, 0.15) is 71.9 Å². The van der Waals surface area contributed by atoms with Crippen molar-refractivity contribution in [2.24, 2.45) is 5.16 Å². The molecule has 1 aromatic heterocycles. The zero-order chi connectivity index (χ0) is 26.3. The number of aryl methyl sites for hydroxylation is 1. The van der Waals surface area contributed by atoms with Gasteiger partial charge in [0.1, 0.15) is 11.5 Å². The van der Waals surface area contributed by atoms with Crippen LogP contribution >= 0.6 is 0 Å². The summed E-state index contributed by atoms with van der Waals surface area (Å²) < 4.78 is 8.28. The molecule has 0 N–H and O–H groups in total. The first-order chi connectivity index (χ1) is 17.8. The predicted octanol–water partition coefficient (Wildman–Crippen LogP) is 6.05. The molecule has 7 nitrogen and oxygen atoms in total. The standard InChI is InChI=1S/C30H28N2O5/c1-5-32-25-12-10-19(28(34)21-9-7-6-8-20(21)17(2)3)16-23(25)27-26(32)13-11-22-29(35)24(31-37-18(4)33)14-15-36-30(22)27/h6-13,16-17H,5,14-15H2,1-4H3/b31-24+. The number of fused-ring (bicyclic) bond motifs is 5. The Morgan fingerprint density at radius 1 is 1.08 bits per heavy atom. The molecule has 0 aliphatic carbocycles. The van der Waals surface area contributed by atoms with Crippen molar-refractivity contribution in [2.75, 3.05) is 6.61 Å². The van der Waals surface area contributed by atoms with Crippen LogP contribution in [0, 0.1) is 0 Å². The smallest absolute Gasteiger partial charge is 0.331 e. The molecule has 0 radical (unpaired) electrons. The van der Waals surface area contributed by atoms with E-state index in [1.165, 1.54) is 6.92 Å². The minimum Gasteiger partial charge on any atom is -0.492 e. The summed E-state index contributed by atoms with van der Waals surface area (Å²) in [6.45, 7) is 8.35. The number of ether oxygens (including phenoxy) is 1. The van der Waals surface area contributed by atoms with Gasteiger partial charge in [0, 0.05) is 41.9 Å². The van der Waals surface area contributed by atoms with E-state index in [1.807, 2.05) is 48.5 Å². The van der Waals surface area contributed by atoms with Crippen molar-refractivity contribution in [3.8, 4) is 5.75 Å². The maximum atomic E-state index is 13.6. The molecule has 1 aliphatic heterocycles. The van der Waals surface area contributed by atoms with Crippen LogP contribution in [0.4, 0.5) is 0 Å². The number of oxime groups is 1. The molecule has 37 heavy (non-hydrogen) atoms. The Kier molecular flexibility index (Phi) is 6.38. The number of ketones is 2. The van der Waals surface area contributed by atoms with E-state index < -0.39 is 5.97 Å². The van der Waals surface area contributed by atoms with E-state index in [1.54, 1.807) is 6.07 Å². The number of aromatic nitrogens is 1. The van der Waals surface area contributed by atoms with Gasteiger partial charge >= 0.3 is 5.97 Å². The summed E-state index contributed by atoms with van der Waals surface area (Å²) >= 11 is 0. The van der Waals surface area contributed by atoms with Crippen molar-refractivity contribution >= 4 is 45.1 Å². The van der Waals surface area contributed by atoms with E-state index in [0.717, 1.165) is 27.4 Å². The Bertz CT molecular complexity index is 1610. The molecule has 0 unspecified atom stereocenters. The fraction of sp³-hybridized carbons (Fsp3) is 0.267. The molecule has 4 aromatic rings. The van der Waals surface area contributed by atoms with Crippen LogP contribution < -0.4 is 4.74 Å². The Balaban J connectivity index is 1.71. The average Bonchev–Trinajstić information content (AvgIpc) is 3.13. The van der Waals surface area contributed by atoms with Gasteiger partial charge in [-0.3, -0.25) is 9.59 Å². The van der Waals surface area contributed by atoms with Gasteiger partial charge in [0.05, 0.1) is 23.1 Å². The van der Waals surface area contributed by atoms with Gasteiger partial charge in [-0.05, 0) is 48.7 Å². The lowest BCUT2D eigenvalue weighted by molar-refractivity contribution is -0.140. The van der Waals surface area contributed by atoms with Crippen LogP contribution in [0.25, 0.3) is 21.8 Å². The highest BCUT2D eigenvalue weighted by Crippen LogP contribution is 2.40. The monoisotopic (exact) mass is 496 g/mol. The minimum atomic E-state index is -0.594. The fourth-order valence-corrected chi connectivity index (χ4v) is 5.06. The van der Waals surface area contributed by atoms with E-state index in [-0.39, 0.29) is 36.2 Å². The number of rotatable bonds is 5. The molecule has 0 spiro atoms.